The quantitative estimate of drug-likeness (QED) is 0.436. The number of fused-ring (bicyclic) bond motifs is 1. The van der Waals surface area contributed by atoms with Gasteiger partial charge >= 0.3 is 0 Å². The molecule has 0 saturated heterocycles. The second-order valence-electron chi connectivity index (χ2n) is 4.50. The molecule has 1 aliphatic heterocycles. The summed E-state index contributed by atoms with van der Waals surface area (Å²) in [4.78, 5) is 14.3. The first kappa shape index (κ1) is 10.5. The molecule has 0 fully saturated rings. The summed E-state index contributed by atoms with van der Waals surface area (Å²) in [6.45, 7) is 4.01. The van der Waals surface area contributed by atoms with Crippen molar-refractivity contribution in [1.82, 2.24) is 0 Å². The van der Waals surface area contributed by atoms with E-state index in [1.165, 1.54) is 0 Å². The molecule has 0 saturated carbocycles. The van der Waals surface area contributed by atoms with E-state index in [-0.39, 0.29) is 11.3 Å². The SMILES string of the molecule is CC1(C)CC(=O)Nc2c(N=[N+]=[N-])cccc21. The summed E-state index contributed by atoms with van der Waals surface area (Å²) in [5.74, 6) is -0.0434. The number of para-hydroxylation sites is 1. The average molecular weight is 216 g/mol. The van der Waals surface area contributed by atoms with Crippen molar-refractivity contribution in [3.63, 3.8) is 0 Å². The van der Waals surface area contributed by atoms with Crippen molar-refractivity contribution in [2.45, 2.75) is 25.7 Å². The number of nitrogens with zero attached hydrogens (tertiary/aromatic N) is 3. The fourth-order valence-electron chi connectivity index (χ4n) is 2.05. The van der Waals surface area contributed by atoms with E-state index in [0.29, 0.717) is 17.8 Å². The second-order valence-corrected chi connectivity index (χ2v) is 4.50. The van der Waals surface area contributed by atoms with Crippen LogP contribution in [0.5, 0.6) is 0 Å². The van der Waals surface area contributed by atoms with Crippen LogP contribution in [0, 0.1) is 0 Å². The zero-order chi connectivity index (χ0) is 11.8. The summed E-state index contributed by atoms with van der Waals surface area (Å²) in [5.41, 5.74) is 10.4. The molecule has 1 aromatic rings. The summed E-state index contributed by atoms with van der Waals surface area (Å²) in [6, 6.07) is 5.48. The van der Waals surface area contributed by atoms with Gasteiger partial charge in [0.2, 0.25) is 5.91 Å². The Labute approximate surface area is 93.1 Å². The lowest BCUT2D eigenvalue weighted by Gasteiger charge is -2.32. The maximum atomic E-state index is 11.6. The number of hydrogen-bond acceptors (Lipinski definition) is 2. The molecule has 0 aliphatic carbocycles. The fraction of sp³-hybridized carbons (Fsp3) is 0.364. The van der Waals surface area contributed by atoms with Gasteiger partial charge in [-0.1, -0.05) is 37.2 Å². The van der Waals surface area contributed by atoms with E-state index in [2.05, 4.69) is 15.3 Å². The molecular formula is C11H12N4O. The lowest BCUT2D eigenvalue weighted by Crippen LogP contribution is -2.32. The zero-order valence-electron chi connectivity index (χ0n) is 9.19. The topological polar surface area (TPSA) is 77.9 Å². The van der Waals surface area contributed by atoms with Crippen molar-refractivity contribution in [3.05, 3.63) is 34.2 Å². The van der Waals surface area contributed by atoms with Gasteiger partial charge in [-0.2, -0.15) is 0 Å². The fourth-order valence-corrected chi connectivity index (χ4v) is 2.05. The number of anilines is 1. The maximum Gasteiger partial charge on any atom is 0.225 e. The van der Waals surface area contributed by atoms with E-state index in [9.17, 15) is 4.79 Å². The predicted octanol–water partition coefficient (Wildman–Crippen LogP) is 3.25. The molecule has 0 bridgehead atoms. The van der Waals surface area contributed by atoms with Gasteiger partial charge in [-0.15, -0.1) is 0 Å². The molecule has 16 heavy (non-hydrogen) atoms. The van der Waals surface area contributed by atoms with Gasteiger partial charge in [-0.05, 0) is 11.1 Å². The first-order valence-electron chi connectivity index (χ1n) is 5.03. The van der Waals surface area contributed by atoms with Gasteiger partial charge in [-0.3, -0.25) is 4.79 Å². The van der Waals surface area contributed by atoms with Gasteiger partial charge < -0.3 is 5.32 Å². The standard InChI is InChI=1S/C11H12N4O/c1-11(2)6-9(16)13-10-7(11)4-3-5-8(10)14-15-12/h3-5H,6H2,1-2H3,(H,13,16). The molecular weight excluding hydrogens is 204 g/mol. The summed E-state index contributed by atoms with van der Waals surface area (Å²) in [6.07, 6.45) is 0.444. The number of carbonyl (C=O) groups is 1. The lowest BCUT2D eigenvalue weighted by molar-refractivity contribution is -0.117. The number of hydrogen-bond donors (Lipinski definition) is 1. The molecule has 5 nitrogen and oxygen atoms in total. The first-order valence-corrected chi connectivity index (χ1v) is 5.03. The van der Waals surface area contributed by atoms with E-state index in [0.717, 1.165) is 5.56 Å². The Balaban J connectivity index is 2.66. The van der Waals surface area contributed by atoms with Gasteiger partial charge in [0.05, 0.1) is 11.4 Å². The van der Waals surface area contributed by atoms with Crippen LogP contribution in [0.1, 0.15) is 25.8 Å². The molecule has 1 aromatic carbocycles. The highest BCUT2D eigenvalue weighted by atomic mass is 16.1. The van der Waals surface area contributed by atoms with Crippen LogP contribution in [0.3, 0.4) is 0 Å². The molecule has 1 heterocycles. The molecule has 5 heteroatoms. The second kappa shape index (κ2) is 3.54. The van der Waals surface area contributed by atoms with E-state index < -0.39 is 0 Å². The monoisotopic (exact) mass is 216 g/mol. The Morgan fingerprint density at radius 2 is 2.25 bits per heavy atom. The third-order valence-corrected chi connectivity index (χ3v) is 2.79. The van der Waals surface area contributed by atoms with Gasteiger partial charge in [0.25, 0.3) is 0 Å². The number of carbonyl (C=O) groups excluding carboxylic acids is 1. The van der Waals surface area contributed by atoms with Crippen molar-refractivity contribution in [2.24, 2.45) is 5.11 Å². The van der Waals surface area contributed by atoms with Crippen LogP contribution < -0.4 is 5.32 Å². The first-order chi connectivity index (χ1) is 7.54. The molecule has 1 aliphatic rings. The molecule has 0 unspecified atom stereocenters. The zero-order valence-corrected chi connectivity index (χ0v) is 9.19. The van der Waals surface area contributed by atoms with Crippen molar-refractivity contribution in [1.29, 1.82) is 0 Å². The van der Waals surface area contributed by atoms with Crippen molar-refractivity contribution < 1.29 is 4.79 Å². The van der Waals surface area contributed by atoms with Crippen LogP contribution in [0.15, 0.2) is 23.3 Å². The number of nitrogens with one attached hydrogen (secondary N) is 1. The molecule has 0 aromatic heterocycles. The van der Waals surface area contributed by atoms with Crippen LogP contribution in [0.25, 0.3) is 10.4 Å². The van der Waals surface area contributed by atoms with Crippen LogP contribution in [-0.2, 0) is 10.2 Å². The van der Waals surface area contributed by atoms with E-state index >= 15 is 0 Å². The Bertz CT molecular complexity index is 501. The van der Waals surface area contributed by atoms with Crippen LogP contribution in [0.4, 0.5) is 11.4 Å². The van der Waals surface area contributed by atoms with Crippen molar-refractivity contribution >= 4 is 17.3 Å². The van der Waals surface area contributed by atoms with Gasteiger partial charge in [0.1, 0.15) is 0 Å². The third kappa shape index (κ3) is 1.61. The summed E-state index contributed by atoms with van der Waals surface area (Å²) >= 11 is 0. The van der Waals surface area contributed by atoms with E-state index in [1.54, 1.807) is 6.07 Å². The number of amides is 1. The van der Waals surface area contributed by atoms with Gasteiger partial charge in [-0.25, -0.2) is 0 Å². The Hall–Kier alpha value is -2.00. The van der Waals surface area contributed by atoms with Crippen molar-refractivity contribution in [3.8, 4) is 0 Å². The highest BCUT2D eigenvalue weighted by Gasteiger charge is 2.32. The summed E-state index contributed by atoms with van der Waals surface area (Å²) in [7, 11) is 0. The Kier molecular flexibility index (Phi) is 2.33. The minimum Gasteiger partial charge on any atom is -0.325 e. The molecule has 0 spiro atoms. The number of rotatable bonds is 1. The Morgan fingerprint density at radius 3 is 2.94 bits per heavy atom. The highest BCUT2D eigenvalue weighted by molar-refractivity contribution is 5.98. The minimum absolute atomic E-state index is 0.0434. The van der Waals surface area contributed by atoms with Gasteiger partial charge in [0, 0.05) is 16.7 Å². The van der Waals surface area contributed by atoms with E-state index in [4.69, 9.17) is 5.53 Å². The molecule has 0 atom stereocenters. The van der Waals surface area contributed by atoms with Crippen LogP contribution >= 0.6 is 0 Å². The third-order valence-electron chi connectivity index (χ3n) is 2.79. The smallest absolute Gasteiger partial charge is 0.225 e. The predicted molar refractivity (Wildman–Crippen MR) is 61.5 cm³/mol. The molecule has 82 valence electrons. The Morgan fingerprint density at radius 1 is 1.50 bits per heavy atom. The maximum absolute atomic E-state index is 11.6. The van der Waals surface area contributed by atoms with Gasteiger partial charge in [0.15, 0.2) is 0 Å². The molecule has 0 radical (unpaired) electrons. The lowest BCUT2D eigenvalue weighted by atomic mass is 9.78. The largest absolute Gasteiger partial charge is 0.325 e. The van der Waals surface area contributed by atoms with Crippen molar-refractivity contribution in [2.75, 3.05) is 5.32 Å². The van der Waals surface area contributed by atoms with Crippen LogP contribution in [-0.4, -0.2) is 5.91 Å². The average Bonchev–Trinajstić information content (AvgIpc) is 2.18. The molecule has 1 N–H and O–H groups in total. The summed E-state index contributed by atoms with van der Waals surface area (Å²) in [5, 5.41) is 6.35. The summed E-state index contributed by atoms with van der Waals surface area (Å²) < 4.78 is 0. The molecule has 2 rings (SSSR count). The minimum atomic E-state index is -0.224. The number of benzene rings is 1. The number of azide groups is 1. The molecule has 1 amide bonds. The van der Waals surface area contributed by atoms with E-state index in [1.807, 2.05) is 26.0 Å². The normalized spacial score (nSPS) is 17.0. The van der Waals surface area contributed by atoms with Crippen LogP contribution in [0.2, 0.25) is 0 Å². The highest BCUT2D eigenvalue weighted by Crippen LogP contribution is 2.41.